The summed E-state index contributed by atoms with van der Waals surface area (Å²) in [6, 6.07) is 1.16. The fourth-order valence-corrected chi connectivity index (χ4v) is 3.52. The average Bonchev–Trinajstić information content (AvgIpc) is 2.47. The highest BCUT2D eigenvalue weighted by Gasteiger charge is 2.72. The summed E-state index contributed by atoms with van der Waals surface area (Å²) in [6.07, 6.45) is -11.9. The minimum atomic E-state index is -5.96. The van der Waals surface area contributed by atoms with Crippen LogP contribution in [-0.2, 0) is 5.41 Å². The van der Waals surface area contributed by atoms with Crippen LogP contribution in [0, 0.1) is 0 Å². The highest BCUT2D eigenvalue weighted by atomic mass is 35.5. The van der Waals surface area contributed by atoms with Gasteiger partial charge in [-0.15, -0.1) is 0 Å². The third-order valence-electron chi connectivity index (χ3n) is 3.75. The Morgan fingerprint density at radius 1 is 0.556 bits per heavy atom. The number of hydrogen-bond acceptors (Lipinski definition) is 2. The standard InChI is InChI=1S/C15H6Cl4F6O2/c16-7-1-5(2-8(17)11(7)26)13(14(20,21)22,15(23,24)25)6-3-9(18)12(27)10(19)4-6/h1-4,26-27H. The minimum Gasteiger partial charge on any atom is -0.505 e. The molecule has 0 heterocycles. The van der Waals surface area contributed by atoms with Gasteiger partial charge in [0.1, 0.15) is 0 Å². The van der Waals surface area contributed by atoms with Crippen molar-refractivity contribution in [2.24, 2.45) is 0 Å². The Balaban J connectivity index is 3.06. The van der Waals surface area contributed by atoms with E-state index in [-0.39, 0.29) is 0 Å². The lowest BCUT2D eigenvalue weighted by molar-refractivity contribution is -0.288. The first-order chi connectivity index (χ1) is 12.1. The maximum atomic E-state index is 14.0. The quantitative estimate of drug-likeness (QED) is 0.456. The monoisotopic (exact) mass is 472 g/mol. The molecule has 0 saturated heterocycles. The zero-order valence-electron chi connectivity index (χ0n) is 12.5. The molecular weight excluding hydrogens is 468 g/mol. The summed E-state index contributed by atoms with van der Waals surface area (Å²) in [5, 5.41) is 15.7. The molecule has 0 fully saturated rings. The summed E-state index contributed by atoms with van der Waals surface area (Å²) < 4.78 is 83.7. The highest BCUT2D eigenvalue weighted by molar-refractivity contribution is 6.37. The van der Waals surface area contributed by atoms with Crippen LogP contribution in [0.4, 0.5) is 26.3 Å². The Labute approximate surface area is 167 Å². The fraction of sp³-hybridized carbons (Fsp3) is 0.200. The molecular formula is C15H6Cl4F6O2. The highest BCUT2D eigenvalue weighted by Crippen LogP contribution is 2.58. The van der Waals surface area contributed by atoms with Crippen LogP contribution in [0.5, 0.6) is 11.5 Å². The molecule has 0 bridgehead atoms. The predicted octanol–water partition coefficient (Wildman–Crippen LogP) is 7.12. The molecule has 148 valence electrons. The third-order valence-corrected chi connectivity index (χ3v) is 4.90. The van der Waals surface area contributed by atoms with Crippen molar-refractivity contribution in [1.29, 1.82) is 0 Å². The van der Waals surface area contributed by atoms with Gasteiger partial charge in [0.15, 0.2) is 11.5 Å². The van der Waals surface area contributed by atoms with E-state index in [4.69, 9.17) is 46.4 Å². The normalized spacial score (nSPS) is 13.1. The summed E-state index contributed by atoms with van der Waals surface area (Å²) in [7, 11) is 0. The van der Waals surface area contributed by atoms with E-state index < -0.39 is 60.5 Å². The predicted molar refractivity (Wildman–Crippen MR) is 89.1 cm³/mol. The first-order valence-corrected chi connectivity index (χ1v) is 8.16. The lowest BCUT2D eigenvalue weighted by Gasteiger charge is -2.38. The van der Waals surface area contributed by atoms with Crippen LogP contribution < -0.4 is 0 Å². The molecule has 2 N–H and O–H groups in total. The summed E-state index contributed by atoms with van der Waals surface area (Å²) in [4.78, 5) is 0. The molecule has 2 rings (SSSR count). The summed E-state index contributed by atoms with van der Waals surface area (Å²) in [5.74, 6) is -1.77. The number of alkyl halides is 6. The topological polar surface area (TPSA) is 40.5 Å². The number of halogens is 10. The van der Waals surface area contributed by atoms with Gasteiger partial charge < -0.3 is 10.2 Å². The minimum absolute atomic E-state index is 0.290. The molecule has 0 radical (unpaired) electrons. The van der Waals surface area contributed by atoms with Gasteiger partial charge in [-0.3, -0.25) is 0 Å². The lowest BCUT2D eigenvalue weighted by atomic mass is 9.73. The number of phenolic OH excluding ortho intramolecular Hbond substituents is 2. The second kappa shape index (κ2) is 6.99. The Kier molecular flexibility index (Phi) is 5.71. The molecule has 0 atom stereocenters. The average molecular weight is 474 g/mol. The molecule has 2 aromatic rings. The van der Waals surface area contributed by atoms with Crippen molar-refractivity contribution in [3.8, 4) is 11.5 Å². The smallest absolute Gasteiger partial charge is 0.411 e. The van der Waals surface area contributed by atoms with Crippen molar-refractivity contribution in [1.82, 2.24) is 0 Å². The summed E-state index contributed by atoms with van der Waals surface area (Å²) in [5.41, 5.74) is -7.50. The molecule has 12 heteroatoms. The van der Waals surface area contributed by atoms with E-state index in [0.717, 1.165) is 0 Å². The maximum Gasteiger partial charge on any atom is 0.411 e. The number of phenols is 2. The van der Waals surface area contributed by atoms with Crippen LogP contribution in [0.2, 0.25) is 20.1 Å². The van der Waals surface area contributed by atoms with Crippen molar-refractivity contribution < 1.29 is 36.6 Å². The zero-order valence-corrected chi connectivity index (χ0v) is 15.5. The van der Waals surface area contributed by atoms with Crippen LogP contribution in [0.3, 0.4) is 0 Å². The molecule has 2 aromatic carbocycles. The molecule has 0 aliphatic heterocycles. The first-order valence-electron chi connectivity index (χ1n) is 6.65. The molecule has 0 amide bonds. The largest absolute Gasteiger partial charge is 0.505 e. The van der Waals surface area contributed by atoms with E-state index in [2.05, 4.69) is 0 Å². The molecule has 0 aromatic heterocycles. The van der Waals surface area contributed by atoms with Gasteiger partial charge in [-0.05, 0) is 35.4 Å². The van der Waals surface area contributed by atoms with Gasteiger partial charge in [0.2, 0.25) is 5.41 Å². The van der Waals surface area contributed by atoms with E-state index in [1.165, 1.54) is 0 Å². The fourth-order valence-electron chi connectivity index (χ4n) is 2.55. The summed E-state index contributed by atoms with van der Waals surface area (Å²) in [6.45, 7) is 0. The van der Waals surface area contributed by atoms with Gasteiger partial charge in [0, 0.05) is 0 Å². The van der Waals surface area contributed by atoms with E-state index in [9.17, 15) is 36.6 Å². The number of hydrogen-bond donors (Lipinski definition) is 2. The van der Waals surface area contributed by atoms with Crippen molar-refractivity contribution in [2.45, 2.75) is 17.8 Å². The van der Waals surface area contributed by atoms with E-state index in [0.29, 0.717) is 24.3 Å². The second-order valence-electron chi connectivity index (χ2n) is 5.32. The van der Waals surface area contributed by atoms with Crippen LogP contribution in [0.1, 0.15) is 11.1 Å². The Morgan fingerprint density at radius 2 is 0.778 bits per heavy atom. The van der Waals surface area contributed by atoms with Crippen molar-refractivity contribution in [3.05, 3.63) is 55.5 Å². The van der Waals surface area contributed by atoms with Gasteiger partial charge in [-0.1, -0.05) is 46.4 Å². The number of rotatable bonds is 2. The van der Waals surface area contributed by atoms with Crippen LogP contribution in [0.15, 0.2) is 24.3 Å². The lowest BCUT2D eigenvalue weighted by Crippen LogP contribution is -2.54. The van der Waals surface area contributed by atoms with E-state index in [1.807, 2.05) is 0 Å². The van der Waals surface area contributed by atoms with Gasteiger partial charge in [0.05, 0.1) is 20.1 Å². The molecule has 2 nitrogen and oxygen atoms in total. The van der Waals surface area contributed by atoms with E-state index in [1.54, 1.807) is 0 Å². The van der Waals surface area contributed by atoms with Gasteiger partial charge in [-0.25, -0.2) is 0 Å². The SMILES string of the molecule is Oc1c(Cl)cc(C(c2cc(Cl)c(O)c(Cl)c2)(C(F)(F)F)C(F)(F)F)cc1Cl. The van der Waals surface area contributed by atoms with Crippen LogP contribution >= 0.6 is 46.4 Å². The number of aromatic hydroxyl groups is 2. The van der Waals surface area contributed by atoms with Crippen LogP contribution in [-0.4, -0.2) is 22.6 Å². The second-order valence-corrected chi connectivity index (χ2v) is 6.95. The van der Waals surface area contributed by atoms with Gasteiger partial charge >= 0.3 is 12.4 Å². The Hall–Kier alpha value is -1.22. The van der Waals surface area contributed by atoms with Crippen LogP contribution in [0.25, 0.3) is 0 Å². The van der Waals surface area contributed by atoms with E-state index >= 15 is 0 Å². The molecule has 0 aliphatic carbocycles. The zero-order chi connectivity index (χ0) is 20.9. The maximum absolute atomic E-state index is 14.0. The Bertz CT molecular complexity index is 775. The Morgan fingerprint density at radius 3 is 0.963 bits per heavy atom. The molecule has 0 unspecified atom stereocenters. The van der Waals surface area contributed by atoms with Gasteiger partial charge in [0.25, 0.3) is 0 Å². The van der Waals surface area contributed by atoms with Crippen molar-refractivity contribution in [3.63, 3.8) is 0 Å². The number of benzene rings is 2. The molecule has 0 saturated carbocycles. The van der Waals surface area contributed by atoms with Crippen molar-refractivity contribution >= 4 is 46.4 Å². The molecule has 0 spiro atoms. The first kappa shape index (κ1) is 22.1. The van der Waals surface area contributed by atoms with Crippen molar-refractivity contribution in [2.75, 3.05) is 0 Å². The molecule has 27 heavy (non-hydrogen) atoms. The van der Waals surface area contributed by atoms with Gasteiger partial charge in [-0.2, -0.15) is 26.3 Å². The molecule has 0 aliphatic rings. The third kappa shape index (κ3) is 3.48. The summed E-state index contributed by atoms with van der Waals surface area (Å²) >= 11 is 22.2.